The summed E-state index contributed by atoms with van der Waals surface area (Å²) in [5.74, 6) is -0.0895. The third kappa shape index (κ3) is 4.06. The summed E-state index contributed by atoms with van der Waals surface area (Å²) in [7, 11) is 0. The van der Waals surface area contributed by atoms with Gasteiger partial charge in [-0.2, -0.15) is 0 Å². The van der Waals surface area contributed by atoms with E-state index in [0.29, 0.717) is 22.1 Å². The minimum absolute atomic E-state index is 0.118. The summed E-state index contributed by atoms with van der Waals surface area (Å²) < 4.78 is 1.25. The third-order valence-electron chi connectivity index (χ3n) is 4.13. The van der Waals surface area contributed by atoms with Crippen LogP contribution in [-0.4, -0.2) is 22.0 Å². The summed E-state index contributed by atoms with van der Waals surface area (Å²) in [4.78, 5) is 28.9. The van der Waals surface area contributed by atoms with Gasteiger partial charge in [0.1, 0.15) is 6.54 Å². The highest BCUT2D eigenvalue weighted by molar-refractivity contribution is 6.38. The number of halogens is 2. The van der Waals surface area contributed by atoms with Gasteiger partial charge in [-0.25, -0.2) is 4.98 Å². The van der Waals surface area contributed by atoms with E-state index < -0.39 is 0 Å². The van der Waals surface area contributed by atoms with E-state index in [1.807, 2.05) is 37.3 Å². The molecule has 0 aliphatic heterocycles. The summed E-state index contributed by atoms with van der Waals surface area (Å²) >= 11 is 12.0. The molecule has 0 spiro atoms. The quantitative estimate of drug-likeness (QED) is 0.724. The van der Waals surface area contributed by atoms with Crippen molar-refractivity contribution >= 4 is 40.0 Å². The predicted molar refractivity (Wildman–Crippen MR) is 104 cm³/mol. The lowest BCUT2D eigenvalue weighted by atomic mass is 10.0. The zero-order valence-electron chi connectivity index (χ0n) is 14.1. The third-order valence-corrected chi connectivity index (χ3v) is 4.64. The number of carbonyl (C=O) groups is 1. The molecule has 1 amide bonds. The number of aromatic nitrogens is 2. The Morgan fingerprint density at radius 2 is 1.96 bits per heavy atom. The number of rotatable bonds is 5. The van der Waals surface area contributed by atoms with Crippen molar-refractivity contribution in [2.24, 2.45) is 0 Å². The molecule has 1 N–H and O–H groups in total. The molecule has 26 heavy (non-hydrogen) atoms. The molecule has 0 saturated heterocycles. The van der Waals surface area contributed by atoms with E-state index in [9.17, 15) is 9.59 Å². The summed E-state index contributed by atoms with van der Waals surface area (Å²) in [6.45, 7) is 2.40. The van der Waals surface area contributed by atoms with E-state index in [1.54, 1.807) is 0 Å². The molecular weight excluding hydrogens is 373 g/mol. The molecule has 0 radical (unpaired) electrons. The number of hydrogen-bond donors (Lipinski definition) is 1. The average molecular weight is 390 g/mol. The molecule has 5 nitrogen and oxygen atoms in total. The van der Waals surface area contributed by atoms with Crippen LogP contribution in [0.5, 0.6) is 0 Å². The Balaban J connectivity index is 1.71. The summed E-state index contributed by atoms with van der Waals surface area (Å²) in [6, 6.07) is 12.9. The summed E-state index contributed by atoms with van der Waals surface area (Å²) in [5, 5.41) is 3.79. The topological polar surface area (TPSA) is 64.0 Å². The molecule has 0 bridgehead atoms. The second-order valence-corrected chi connectivity index (χ2v) is 6.92. The molecule has 0 aliphatic rings. The normalized spacial score (nSPS) is 12.1. The van der Waals surface area contributed by atoms with Crippen molar-refractivity contribution in [1.82, 2.24) is 14.9 Å². The minimum Gasteiger partial charge on any atom is -0.354 e. The van der Waals surface area contributed by atoms with Crippen LogP contribution in [0, 0.1) is 0 Å². The van der Waals surface area contributed by atoms with Gasteiger partial charge in [-0.3, -0.25) is 14.2 Å². The summed E-state index contributed by atoms with van der Waals surface area (Å²) in [5.41, 5.74) is 1.16. The minimum atomic E-state index is -0.356. The van der Waals surface area contributed by atoms with Gasteiger partial charge in [0.25, 0.3) is 5.56 Å². The number of fused-ring (bicyclic) bond motifs is 1. The SMILES string of the molecule is C[C@@H](CNC(=O)Cn1cnc2c(Cl)cc(Cl)cc2c1=O)c1ccccc1. The van der Waals surface area contributed by atoms with Gasteiger partial charge in [0.05, 0.1) is 22.3 Å². The maximum Gasteiger partial charge on any atom is 0.261 e. The first-order valence-electron chi connectivity index (χ1n) is 8.11. The Hall–Kier alpha value is -2.37. The van der Waals surface area contributed by atoms with E-state index in [-0.39, 0.29) is 29.3 Å². The molecule has 7 heteroatoms. The Bertz CT molecular complexity index is 1000. The van der Waals surface area contributed by atoms with Crippen LogP contribution >= 0.6 is 23.2 Å². The van der Waals surface area contributed by atoms with Crippen LogP contribution in [0.1, 0.15) is 18.4 Å². The molecule has 0 aliphatic carbocycles. The van der Waals surface area contributed by atoms with Gasteiger partial charge in [-0.1, -0.05) is 60.5 Å². The molecule has 3 rings (SSSR count). The maximum atomic E-state index is 12.6. The number of benzene rings is 2. The number of carbonyl (C=O) groups excluding carboxylic acids is 1. The van der Waals surface area contributed by atoms with Crippen LogP contribution in [0.25, 0.3) is 10.9 Å². The Kier molecular flexibility index (Phi) is 5.59. The van der Waals surface area contributed by atoms with Crippen LogP contribution in [0.15, 0.2) is 53.6 Å². The molecule has 0 fully saturated rings. The van der Waals surface area contributed by atoms with Gasteiger partial charge >= 0.3 is 0 Å². The molecule has 134 valence electrons. The van der Waals surface area contributed by atoms with Gasteiger partial charge in [0.2, 0.25) is 5.91 Å². The van der Waals surface area contributed by atoms with Gasteiger partial charge in [-0.15, -0.1) is 0 Å². The molecule has 1 aromatic heterocycles. The second kappa shape index (κ2) is 7.89. The maximum absolute atomic E-state index is 12.6. The van der Waals surface area contributed by atoms with E-state index in [2.05, 4.69) is 10.3 Å². The van der Waals surface area contributed by atoms with Crippen molar-refractivity contribution in [1.29, 1.82) is 0 Å². The van der Waals surface area contributed by atoms with E-state index in [0.717, 1.165) is 5.56 Å². The highest BCUT2D eigenvalue weighted by atomic mass is 35.5. The first kappa shape index (κ1) is 18.4. The molecular formula is C19H17Cl2N3O2. The lowest BCUT2D eigenvalue weighted by Crippen LogP contribution is -2.34. The average Bonchev–Trinajstić information content (AvgIpc) is 2.63. The van der Waals surface area contributed by atoms with Crippen molar-refractivity contribution in [3.63, 3.8) is 0 Å². The molecule has 1 heterocycles. The van der Waals surface area contributed by atoms with E-state index in [4.69, 9.17) is 23.2 Å². The van der Waals surface area contributed by atoms with Gasteiger partial charge in [0.15, 0.2) is 0 Å². The van der Waals surface area contributed by atoms with Crippen molar-refractivity contribution in [3.8, 4) is 0 Å². The highest BCUT2D eigenvalue weighted by Gasteiger charge is 2.12. The van der Waals surface area contributed by atoms with Gasteiger partial charge in [-0.05, 0) is 23.6 Å². The number of nitrogens with zero attached hydrogens (tertiary/aromatic N) is 2. The van der Waals surface area contributed by atoms with E-state index in [1.165, 1.54) is 23.0 Å². The monoisotopic (exact) mass is 389 g/mol. The second-order valence-electron chi connectivity index (χ2n) is 6.08. The fourth-order valence-electron chi connectivity index (χ4n) is 2.68. The van der Waals surface area contributed by atoms with Crippen molar-refractivity contribution < 1.29 is 4.79 Å². The predicted octanol–water partition coefficient (Wildman–Crippen LogP) is 3.62. The zero-order valence-corrected chi connectivity index (χ0v) is 15.6. The van der Waals surface area contributed by atoms with Crippen LogP contribution in [0.4, 0.5) is 0 Å². The molecule has 3 aromatic rings. The molecule has 0 unspecified atom stereocenters. The van der Waals surface area contributed by atoms with Gasteiger partial charge < -0.3 is 5.32 Å². The Morgan fingerprint density at radius 1 is 1.23 bits per heavy atom. The molecule has 2 aromatic carbocycles. The first-order chi connectivity index (χ1) is 12.5. The zero-order chi connectivity index (χ0) is 18.7. The van der Waals surface area contributed by atoms with Crippen LogP contribution in [-0.2, 0) is 11.3 Å². The van der Waals surface area contributed by atoms with Crippen LogP contribution in [0.3, 0.4) is 0 Å². The largest absolute Gasteiger partial charge is 0.354 e. The number of hydrogen-bond acceptors (Lipinski definition) is 3. The lowest BCUT2D eigenvalue weighted by Gasteiger charge is -2.13. The van der Waals surface area contributed by atoms with Crippen LogP contribution < -0.4 is 10.9 Å². The first-order valence-corrected chi connectivity index (χ1v) is 8.87. The standard InChI is InChI=1S/C19H17Cl2N3O2/c1-12(13-5-3-2-4-6-13)9-22-17(25)10-24-11-23-18-15(19(24)26)7-14(20)8-16(18)21/h2-8,11-12H,9-10H2,1H3,(H,22,25)/t12-/m0/s1. The van der Waals surface area contributed by atoms with Crippen molar-refractivity contribution in [3.05, 3.63) is 74.8 Å². The number of amides is 1. The van der Waals surface area contributed by atoms with Crippen LogP contribution in [0.2, 0.25) is 10.0 Å². The van der Waals surface area contributed by atoms with E-state index >= 15 is 0 Å². The van der Waals surface area contributed by atoms with Crippen molar-refractivity contribution in [2.45, 2.75) is 19.4 Å². The van der Waals surface area contributed by atoms with Gasteiger partial charge in [0, 0.05) is 11.6 Å². The molecule has 1 atom stereocenters. The Morgan fingerprint density at radius 3 is 2.69 bits per heavy atom. The smallest absolute Gasteiger partial charge is 0.261 e. The molecule has 0 saturated carbocycles. The Labute approximate surface area is 160 Å². The lowest BCUT2D eigenvalue weighted by molar-refractivity contribution is -0.121. The van der Waals surface area contributed by atoms with Crippen molar-refractivity contribution in [2.75, 3.05) is 6.54 Å². The number of nitrogens with one attached hydrogen (secondary N) is 1. The highest BCUT2D eigenvalue weighted by Crippen LogP contribution is 2.23. The fraction of sp³-hybridized carbons (Fsp3) is 0.211. The fourth-order valence-corrected chi connectivity index (χ4v) is 3.23. The summed E-state index contributed by atoms with van der Waals surface area (Å²) in [6.07, 6.45) is 1.32.